The molecule has 1 fully saturated rings. The first-order valence-corrected chi connectivity index (χ1v) is 10.0. The molecule has 142 valence electrons. The van der Waals surface area contributed by atoms with Gasteiger partial charge in [-0.2, -0.15) is 5.10 Å². The number of aromatic nitrogens is 4. The van der Waals surface area contributed by atoms with E-state index in [1.54, 1.807) is 0 Å². The molecule has 3 aromatic rings. The smallest absolute Gasteiger partial charge is 0.226 e. The van der Waals surface area contributed by atoms with Crippen molar-refractivity contribution in [3.8, 4) is 11.3 Å². The number of para-hydroxylation sites is 1. The zero-order chi connectivity index (χ0) is 18.6. The van der Waals surface area contributed by atoms with Gasteiger partial charge in [-0.25, -0.2) is 9.97 Å². The van der Waals surface area contributed by atoms with E-state index in [-0.39, 0.29) is 0 Å². The van der Waals surface area contributed by atoms with Crippen LogP contribution in [0.5, 0.6) is 0 Å². The molecule has 1 aliphatic heterocycles. The van der Waals surface area contributed by atoms with Gasteiger partial charge in [0.2, 0.25) is 5.95 Å². The van der Waals surface area contributed by atoms with E-state index in [0.29, 0.717) is 5.92 Å². The maximum atomic E-state index is 5.84. The number of hydrogen-bond acceptors (Lipinski definition) is 5. The zero-order valence-corrected chi connectivity index (χ0v) is 16.0. The third-order valence-electron chi connectivity index (χ3n) is 5.47. The normalized spacial score (nSPS) is 15.6. The van der Waals surface area contributed by atoms with Crippen molar-refractivity contribution in [2.24, 2.45) is 11.7 Å². The van der Waals surface area contributed by atoms with Gasteiger partial charge in [-0.3, -0.25) is 4.68 Å². The Morgan fingerprint density at radius 3 is 2.74 bits per heavy atom. The second kappa shape index (κ2) is 8.05. The average Bonchev–Trinajstić information content (AvgIpc) is 3.20. The third kappa shape index (κ3) is 3.81. The Kier molecular flexibility index (Phi) is 5.34. The van der Waals surface area contributed by atoms with Gasteiger partial charge in [0, 0.05) is 36.8 Å². The van der Waals surface area contributed by atoms with Crippen LogP contribution in [0.1, 0.15) is 32.6 Å². The van der Waals surface area contributed by atoms with Crippen LogP contribution in [-0.4, -0.2) is 39.4 Å². The number of anilines is 1. The number of hydrogen-bond donors (Lipinski definition) is 1. The number of piperidine rings is 1. The Bertz CT molecular complexity index is 895. The molecule has 0 atom stereocenters. The standard InChI is InChI=1S/C21H28N6/c1-2-3-10-27-15-17(14-23-27)20-18-6-4-5-7-19(18)24-21(25-20)26-11-8-16(13-22)9-12-26/h4-7,14-16H,2-3,8-13,22H2,1H3. The maximum absolute atomic E-state index is 5.84. The third-order valence-corrected chi connectivity index (χ3v) is 5.47. The van der Waals surface area contributed by atoms with Gasteiger partial charge >= 0.3 is 0 Å². The van der Waals surface area contributed by atoms with Gasteiger partial charge in [0.25, 0.3) is 0 Å². The molecule has 0 saturated carbocycles. The van der Waals surface area contributed by atoms with E-state index in [1.807, 2.05) is 23.0 Å². The van der Waals surface area contributed by atoms with Crippen LogP contribution in [0.2, 0.25) is 0 Å². The fourth-order valence-corrected chi connectivity index (χ4v) is 3.72. The second-order valence-electron chi connectivity index (χ2n) is 7.40. The predicted octanol–water partition coefficient (Wildman–Crippen LogP) is 3.47. The highest BCUT2D eigenvalue weighted by Crippen LogP contribution is 2.29. The SMILES string of the molecule is CCCCn1cc(-c2nc(N3CCC(CN)CC3)nc3ccccc23)cn1. The van der Waals surface area contributed by atoms with Gasteiger partial charge in [0.1, 0.15) is 0 Å². The number of rotatable bonds is 6. The summed E-state index contributed by atoms with van der Waals surface area (Å²) in [4.78, 5) is 12.1. The van der Waals surface area contributed by atoms with Gasteiger partial charge in [-0.15, -0.1) is 0 Å². The highest BCUT2D eigenvalue weighted by atomic mass is 15.3. The van der Waals surface area contributed by atoms with Crippen molar-refractivity contribution in [2.75, 3.05) is 24.5 Å². The number of benzene rings is 1. The number of nitrogens with two attached hydrogens (primary N) is 1. The molecule has 27 heavy (non-hydrogen) atoms. The average molecular weight is 364 g/mol. The highest BCUT2D eigenvalue weighted by molar-refractivity contribution is 5.92. The zero-order valence-electron chi connectivity index (χ0n) is 16.0. The van der Waals surface area contributed by atoms with Gasteiger partial charge in [0.15, 0.2) is 0 Å². The van der Waals surface area contributed by atoms with Gasteiger partial charge in [-0.05, 0) is 37.8 Å². The molecule has 6 nitrogen and oxygen atoms in total. The fourth-order valence-electron chi connectivity index (χ4n) is 3.72. The Labute approximate surface area is 160 Å². The van der Waals surface area contributed by atoms with E-state index in [9.17, 15) is 0 Å². The molecule has 0 radical (unpaired) electrons. The van der Waals surface area contributed by atoms with Crippen LogP contribution in [0.25, 0.3) is 22.2 Å². The molecule has 1 aromatic carbocycles. The topological polar surface area (TPSA) is 72.9 Å². The van der Waals surface area contributed by atoms with Crippen LogP contribution in [-0.2, 0) is 6.54 Å². The number of fused-ring (bicyclic) bond motifs is 1. The summed E-state index contributed by atoms with van der Waals surface area (Å²) in [5.41, 5.74) is 8.86. The number of unbranched alkanes of at least 4 members (excludes halogenated alkanes) is 1. The molecule has 0 unspecified atom stereocenters. The van der Waals surface area contributed by atoms with Gasteiger partial charge in [-0.1, -0.05) is 31.5 Å². The lowest BCUT2D eigenvalue weighted by molar-refractivity contribution is 0.411. The Hall–Kier alpha value is -2.47. The van der Waals surface area contributed by atoms with Gasteiger partial charge in [0.05, 0.1) is 17.4 Å². The van der Waals surface area contributed by atoms with Crippen LogP contribution in [0.3, 0.4) is 0 Å². The first-order valence-electron chi connectivity index (χ1n) is 10.0. The van der Waals surface area contributed by atoms with Crippen molar-refractivity contribution in [3.05, 3.63) is 36.7 Å². The molecule has 2 aromatic heterocycles. The van der Waals surface area contributed by atoms with E-state index in [1.165, 1.54) is 0 Å². The lowest BCUT2D eigenvalue weighted by Gasteiger charge is -2.31. The van der Waals surface area contributed by atoms with Crippen LogP contribution >= 0.6 is 0 Å². The molecule has 1 aliphatic rings. The van der Waals surface area contributed by atoms with Crippen molar-refractivity contribution < 1.29 is 0 Å². The summed E-state index contributed by atoms with van der Waals surface area (Å²) in [6, 6.07) is 8.24. The first-order chi connectivity index (χ1) is 13.3. The quantitative estimate of drug-likeness (QED) is 0.725. The lowest BCUT2D eigenvalue weighted by atomic mass is 9.97. The summed E-state index contributed by atoms with van der Waals surface area (Å²) in [6.07, 6.45) is 8.54. The van der Waals surface area contributed by atoms with E-state index >= 15 is 0 Å². The lowest BCUT2D eigenvalue weighted by Crippen LogP contribution is -2.37. The van der Waals surface area contributed by atoms with E-state index in [2.05, 4.69) is 35.3 Å². The van der Waals surface area contributed by atoms with Crippen molar-refractivity contribution in [1.82, 2.24) is 19.7 Å². The van der Waals surface area contributed by atoms with Crippen LogP contribution in [0.15, 0.2) is 36.7 Å². The van der Waals surface area contributed by atoms with Crippen molar-refractivity contribution in [1.29, 1.82) is 0 Å². The number of nitrogens with zero attached hydrogens (tertiary/aromatic N) is 5. The molecule has 3 heterocycles. The molecular formula is C21H28N6. The molecule has 2 N–H and O–H groups in total. The summed E-state index contributed by atoms with van der Waals surface area (Å²) in [5, 5.41) is 5.61. The Balaban J connectivity index is 1.70. The number of aryl methyl sites for hydroxylation is 1. The minimum atomic E-state index is 0.623. The minimum Gasteiger partial charge on any atom is -0.341 e. The Morgan fingerprint density at radius 2 is 1.96 bits per heavy atom. The summed E-state index contributed by atoms with van der Waals surface area (Å²) in [6.45, 7) is 5.85. The summed E-state index contributed by atoms with van der Waals surface area (Å²) in [5.74, 6) is 1.44. The van der Waals surface area contributed by atoms with Crippen molar-refractivity contribution in [2.45, 2.75) is 39.2 Å². The summed E-state index contributed by atoms with van der Waals surface area (Å²) < 4.78 is 2.02. The first kappa shape index (κ1) is 17.9. The molecule has 0 aliphatic carbocycles. The molecule has 4 rings (SSSR count). The minimum absolute atomic E-state index is 0.623. The summed E-state index contributed by atoms with van der Waals surface area (Å²) in [7, 11) is 0. The highest BCUT2D eigenvalue weighted by Gasteiger charge is 2.21. The largest absolute Gasteiger partial charge is 0.341 e. The van der Waals surface area contributed by atoms with Crippen molar-refractivity contribution in [3.63, 3.8) is 0 Å². The molecule has 6 heteroatoms. The van der Waals surface area contributed by atoms with E-state index in [4.69, 9.17) is 15.7 Å². The van der Waals surface area contributed by atoms with Crippen LogP contribution < -0.4 is 10.6 Å². The van der Waals surface area contributed by atoms with Crippen LogP contribution in [0.4, 0.5) is 5.95 Å². The van der Waals surface area contributed by atoms with Crippen molar-refractivity contribution >= 4 is 16.9 Å². The monoisotopic (exact) mass is 364 g/mol. The molecule has 1 saturated heterocycles. The predicted molar refractivity (Wildman–Crippen MR) is 110 cm³/mol. The van der Waals surface area contributed by atoms with Gasteiger partial charge < -0.3 is 10.6 Å². The second-order valence-corrected chi connectivity index (χ2v) is 7.40. The molecule has 0 bridgehead atoms. The van der Waals surface area contributed by atoms with Crippen LogP contribution in [0, 0.1) is 5.92 Å². The Morgan fingerprint density at radius 1 is 1.15 bits per heavy atom. The molecular weight excluding hydrogens is 336 g/mol. The summed E-state index contributed by atoms with van der Waals surface area (Å²) >= 11 is 0. The van der Waals surface area contributed by atoms with E-state index < -0.39 is 0 Å². The maximum Gasteiger partial charge on any atom is 0.226 e. The van der Waals surface area contributed by atoms with E-state index in [0.717, 1.165) is 80.0 Å². The molecule has 0 amide bonds. The molecule has 0 spiro atoms. The fraction of sp³-hybridized carbons (Fsp3) is 0.476.